The zero-order valence-corrected chi connectivity index (χ0v) is 12.1. The van der Waals surface area contributed by atoms with Crippen molar-refractivity contribution in [3.8, 4) is 5.75 Å². The molecule has 0 spiro atoms. The van der Waals surface area contributed by atoms with Crippen LogP contribution in [-0.4, -0.2) is 22.1 Å². The summed E-state index contributed by atoms with van der Waals surface area (Å²) in [7, 11) is 0. The van der Waals surface area contributed by atoms with Crippen molar-refractivity contribution in [2.45, 2.75) is 26.3 Å². The van der Waals surface area contributed by atoms with Crippen LogP contribution in [0.4, 0.5) is 5.69 Å². The molecule has 0 saturated carbocycles. The van der Waals surface area contributed by atoms with E-state index in [0.29, 0.717) is 13.0 Å². The largest absolute Gasteiger partial charge is 0.494 e. The predicted octanol–water partition coefficient (Wildman–Crippen LogP) is 2.48. The Labute approximate surface area is 124 Å². The van der Waals surface area contributed by atoms with E-state index in [1.807, 2.05) is 37.4 Å². The highest BCUT2D eigenvalue weighted by atomic mass is 16.5. The fraction of sp³-hybridized carbons (Fsp3) is 0.375. The number of rotatable bonds is 4. The molecule has 5 nitrogen and oxygen atoms in total. The number of imidazole rings is 1. The van der Waals surface area contributed by atoms with Crippen molar-refractivity contribution in [3.63, 3.8) is 0 Å². The van der Waals surface area contributed by atoms with Gasteiger partial charge in [0, 0.05) is 37.0 Å². The SMILES string of the molecule is CCOc1ccc(NC(=O)C2CCn3ccnc3C2)cc1. The van der Waals surface area contributed by atoms with E-state index >= 15 is 0 Å². The third-order valence-electron chi connectivity index (χ3n) is 3.75. The van der Waals surface area contributed by atoms with Gasteiger partial charge in [-0.2, -0.15) is 0 Å². The third kappa shape index (κ3) is 3.07. The summed E-state index contributed by atoms with van der Waals surface area (Å²) in [6.07, 6.45) is 5.32. The minimum absolute atomic E-state index is 0.00790. The smallest absolute Gasteiger partial charge is 0.228 e. The Balaban J connectivity index is 1.61. The number of hydrogen-bond acceptors (Lipinski definition) is 3. The zero-order chi connectivity index (χ0) is 14.7. The number of carbonyl (C=O) groups is 1. The van der Waals surface area contributed by atoms with Crippen molar-refractivity contribution < 1.29 is 9.53 Å². The molecule has 0 saturated heterocycles. The molecular formula is C16H19N3O2. The zero-order valence-electron chi connectivity index (χ0n) is 12.1. The van der Waals surface area contributed by atoms with E-state index in [2.05, 4.69) is 14.9 Å². The normalized spacial score (nSPS) is 17.1. The van der Waals surface area contributed by atoms with Crippen LogP contribution >= 0.6 is 0 Å². The number of carbonyl (C=O) groups excluding carboxylic acids is 1. The molecule has 0 radical (unpaired) electrons. The highest BCUT2D eigenvalue weighted by Crippen LogP contribution is 2.22. The Hall–Kier alpha value is -2.30. The number of aryl methyl sites for hydroxylation is 1. The average molecular weight is 285 g/mol. The van der Waals surface area contributed by atoms with Crippen LogP contribution in [-0.2, 0) is 17.8 Å². The third-order valence-corrected chi connectivity index (χ3v) is 3.75. The van der Waals surface area contributed by atoms with Crippen molar-refractivity contribution in [2.24, 2.45) is 5.92 Å². The summed E-state index contributed by atoms with van der Waals surface area (Å²) in [5.74, 6) is 1.86. The van der Waals surface area contributed by atoms with Crippen molar-refractivity contribution in [1.82, 2.24) is 9.55 Å². The molecule has 1 aromatic carbocycles. The lowest BCUT2D eigenvalue weighted by molar-refractivity contribution is -0.120. The number of fused-ring (bicyclic) bond motifs is 1. The quantitative estimate of drug-likeness (QED) is 0.939. The number of anilines is 1. The van der Waals surface area contributed by atoms with Gasteiger partial charge in [-0.05, 0) is 37.6 Å². The lowest BCUT2D eigenvalue weighted by Crippen LogP contribution is -2.30. The molecular weight excluding hydrogens is 266 g/mol. The molecule has 0 bridgehead atoms. The molecule has 3 rings (SSSR count). The van der Waals surface area contributed by atoms with Crippen LogP contribution in [0.5, 0.6) is 5.75 Å². The number of amides is 1. The fourth-order valence-electron chi connectivity index (χ4n) is 2.62. The summed E-state index contributed by atoms with van der Waals surface area (Å²) in [5.41, 5.74) is 0.803. The minimum atomic E-state index is -0.00790. The molecule has 1 amide bonds. The minimum Gasteiger partial charge on any atom is -0.494 e. The summed E-state index contributed by atoms with van der Waals surface area (Å²) in [4.78, 5) is 16.6. The Kier molecular flexibility index (Phi) is 3.90. The Morgan fingerprint density at radius 3 is 3.00 bits per heavy atom. The molecule has 0 fully saturated rings. The van der Waals surface area contributed by atoms with Gasteiger partial charge in [0.1, 0.15) is 11.6 Å². The van der Waals surface area contributed by atoms with Gasteiger partial charge in [0.05, 0.1) is 6.61 Å². The molecule has 2 heterocycles. The van der Waals surface area contributed by atoms with Crippen molar-refractivity contribution in [2.75, 3.05) is 11.9 Å². The van der Waals surface area contributed by atoms with E-state index in [-0.39, 0.29) is 11.8 Å². The van der Waals surface area contributed by atoms with Crippen LogP contribution in [0.3, 0.4) is 0 Å². The number of benzene rings is 1. The van der Waals surface area contributed by atoms with Crippen LogP contribution < -0.4 is 10.1 Å². The molecule has 0 aliphatic carbocycles. The van der Waals surface area contributed by atoms with E-state index in [1.165, 1.54) is 0 Å². The molecule has 1 unspecified atom stereocenters. The molecule has 1 atom stereocenters. The van der Waals surface area contributed by atoms with Gasteiger partial charge in [0.2, 0.25) is 5.91 Å². The van der Waals surface area contributed by atoms with Gasteiger partial charge >= 0.3 is 0 Å². The van der Waals surface area contributed by atoms with E-state index in [0.717, 1.165) is 30.2 Å². The first-order chi connectivity index (χ1) is 10.3. The first kappa shape index (κ1) is 13.7. The highest BCUT2D eigenvalue weighted by Gasteiger charge is 2.25. The Bertz CT molecular complexity index is 619. The van der Waals surface area contributed by atoms with Gasteiger partial charge in [-0.15, -0.1) is 0 Å². The molecule has 2 aromatic rings. The van der Waals surface area contributed by atoms with Crippen molar-refractivity contribution in [1.29, 1.82) is 0 Å². The molecule has 1 aromatic heterocycles. The molecule has 110 valence electrons. The van der Waals surface area contributed by atoms with Crippen LogP contribution in [0.25, 0.3) is 0 Å². The number of aromatic nitrogens is 2. The molecule has 1 N–H and O–H groups in total. The number of nitrogens with zero attached hydrogens (tertiary/aromatic N) is 2. The second-order valence-corrected chi connectivity index (χ2v) is 5.17. The Morgan fingerprint density at radius 1 is 1.43 bits per heavy atom. The summed E-state index contributed by atoms with van der Waals surface area (Å²) in [5, 5.41) is 2.97. The van der Waals surface area contributed by atoms with Gasteiger partial charge in [-0.25, -0.2) is 4.98 Å². The van der Waals surface area contributed by atoms with Crippen LogP contribution in [0.1, 0.15) is 19.2 Å². The molecule has 5 heteroatoms. The van der Waals surface area contributed by atoms with E-state index in [4.69, 9.17) is 4.74 Å². The van der Waals surface area contributed by atoms with Crippen molar-refractivity contribution >= 4 is 11.6 Å². The first-order valence-corrected chi connectivity index (χ1v) is 7.30. The van der Waals surface area contributed by atoms with Gasteiger partial charge in [-0.1, -0.05) is 0 Å². The number of nitrogens with one attached hydrogen (secondary N) is 1. The lowest BCUT2D eigenvalue weighted by Gasteiger charge is -2.22. The summed E-state index contributed by atoms with van der Waals surface area (Å²) in [6, 6.07) is 7.47. The first-order valence-electron chi connectivity index (χ1n) is 7.30. The second kappa shape index (κ2) is 5.99. The van der Waals surface area contributed by atoms with E-state index < -0.39 is 0 Å². The van der Waals surface area contributed by atoms with Gasteiger partial charge < -0.3 is 14.6 Å². The lowest BCUT2D eigenvalue weighted by atomic mass is 9.97. The second-order valence-electron chi connectivity index (χ2n) is 5.17. The molecule has 21 heavy (non-hydrogen) atoms. The summed E-state index contributed by atoms with van der Waals surface area (Å²) >= 11 is 0. The average Bonchev–Trinajstić information content (AvgIpc) is 2.97. The van der Waals surface area contributed by atoms with Gasteiger partial charge in [-0.3, -0.25) is 4.79 Å². The highest BCUT2D eigenvalue weighted by molar-refractivity contribution is 5.92. The van der Waals surface area contributed by atoms with Crippen LogP contribution in [0.2, 0.25) is 0 Å². The van der Waals surface area contributed by atoms with Gasteiger partial charge in [0.15, 0.2) is 0 Å². The van der Waals surface area contributed by atoms with Gasteiger partial charge in [0.25, 0.3) is 0 Å². The fourth-order valence-corrected chi connectivity index (χ4v) is 2.62. The maximum absolute atomic E-state index is 12.3. The topological polar surface area (TPSA) is 56.1 Å². The van der Waals surface area contributed by atoms with E-state index in [9.17, 15) is 4.79 Å². The molecule has 1 aliphatic rings. The Morgan fingerprint density at radius 2 is 2.24 bits per heavy atom. The molecule has 1 aliphatic heterocycles. The summed E-state index contributed by atoms with van der Waals surface area (Å²) < 4.78 is 7.50. The standard InChI is InChI=1S/C16H19N3O2/c1-2-21-14-5-3-13(4-6-14)18-16(20)12-7-9-19-10-8-17-15(19)11-12/h3-6,8,10,12H,2,7,9,11H2,1H3,(H,18,20). The maximum Gasteiger partial charge on any atom is 0.228 e. The summed E-state index contributed by atoms with van der Waals surface area (Å²) in [6.45, 7) is 3.44. The monoisotopic (exact) mass is 285 g/mol. The maximum atomic E-state index is 12.3. The predicted molar refractivity (Wildman–Crippen MR) is 80.3 cm³/mol. The number of hydrogen-bond donors (Lipinski definition) is 1. The van der Waals surface area contributed by atoms with E-state index in [1.54, 1.807) is 6.20 Å². The van der Waals surface area contributed by atoms with Crippen LogP contribution in [0.15, 0.2) is 36.7 Å². The van der Waals surface area contributed by atoms with Crippen LogP contribution in [0, 0.1) is 5.92 Å². The van der Waals surface area contributed by atoms with Crippen molar-refractivity contribution in [3.05, 3.63) is 42.5 Å². The number of ether oxygens (including phenoxy) is 1.